The van der Waals surface area contributed by atoms with E-state index < -0.39 is 0 Å². The van der Waals surface area contributed by atoms with Crippen LogP contribution in [0.15, 0.2) is 24.3 Å². The Labute approximate surface area is 134 Å². The predicted octanol–water partition coefficient (Wildman–Crippen LogP) is 6.39. The zero-order chi connectivity index (χ0) is 15.6. The first kappa shape index (κ1) is 20.4. The Morgan fingerprint density at radius 1 is 0.667 bits per heavy atom. The number of unbranched alkanes of at least 4 members (excludes halogenated alkanes) is 8. The molecular formula is C20H39N. The first-order valence-corrected chi connectivity index (χ1v) is 9.27. The second kappa shape index (κ2) is 17.5. The number of rotatable bonds is 15. The lowest BCUT2D eigenvalue weighted by Crippen LogP contribution is -1.97. The van der Waals surface area contributed by atoms with Gasteiger partial charge in [-0.1, -0.05) is 76.7 Å². The van der Waals surface area contributed by atoms with Crippen molar-refractivity contribution in [3.8, 4) is 0 Å². The third-order valence-corrected chi connectivity index (χ3v) is 3.83. The van der Waals surface area contributed by atoms with E-state index in [0.29, 0.717) is 0 Å². The van der Waals surface area contributed by atoms with Gasteiger partial charge in [-0.05, 0) is 51.0 Å². The molecular weight excluding hydrogens is 254 g/mol. The SMILES string of the molecule is CC(C)CCCC/C=C\C/C=C\CCCCCCCCN. The highest BCUT2D eigenvalue weighted by atomic mass is 14.5. The normalized spacial score (nSPS) is 12.2. The van der Waals surface area contributed by atoms with E-state index in [0.717, 1.165) is 18.9 Å². The van der Waals surface area contributed by atoms with Crippen LogP contribution in [-0.4, -0.2) is 6.54 Å². The Hall–Kier alpha value is -0.560. The fourth-order valence-corrected chi connectivity index (χ4v) is 2.44. The topological polar surface area (TPSA) is 26.0 Å². The molecule has 0 amide bonds. The van der Waals surface area contributed by atoms with Gasteiger partial charge < -0.3 is 5.73 Å². The molecule has 124 valence electrons. The van der Waals surface area contributed by atoms with E-state index in [-0.39, 0.29) is 0 Å². The second-order valence-electron chi connectivity index (χ2n) is 6.56. The Kier molecular flexibility index (Phi) is 17.0. The van der Waals surface area contributed by atoms with Crippen LogP contribution in [0.5, 0.6) is 0 Å². The van der Waals surface area contributed by atoms with E-state index in [1.807, 2.05) is 0 Å². The molecule has 0 atom stereocenters. The molecule has 0 aliphatic heterocycles. The average Bonchev–Trinajstić information content (AvgIpc) is 2.46. The predicted molar refractivity (Wildman–Crippen MR) is 97.6 cm³/mol. The van der Waals surface area contributed by atoms with E-state index in [1.165, 1.54) is 70.6 Å². The maximum absolute atomic E-state index is 5.48. The molecule has 0 rings (SSSR count). The molecule has 0 aromatic rings. The summed E-state index contributed by atoms with van der Waals surface area (Å²) in [6.07, 6.45) is 25.0. The first-order valence-electron chi connectivity index (χ1n) is 9.27. The van der Waals surface area contributed by atoms with Crippen LogP contribution in [0.1, 0.15) is 90.9 Å². The lowest BCUT2D eigenvalue weighted by atomic mass is 10.1. The zero-order valence-corrected chi connectivity index (χ0v) is 14.7. The van der Waals surface area contributed by atoms with Gasteiger partial charge >= 0.3 is 0 Å². The molecule has 1 heteroatoms. The molecule has 0 fully saturated rings. The molecule has 0 aliphatic carbocycles. The highest BCUT2D eigenvalue weighted by molar-refractivity contribution is 4.92. The fourth-order valence-electron chi connectivity index (χ4n) is 2.44. The zero-order valence-electron chi connectivity index (χ0n) is 14.7. The molecule has 1 nitrogen and oxygen atoms in total. The molecule has 0 unspecified atom stereocenters. The van der Waals surface area contributed by atoms with Crippen molar-refractivity contribution in [2.75, 3.05) is 6.54 Å². The first-order chi connectivity index (χ1) is 10.3. The summed E-state index contributed by atoms with van der Waals surface area (Å²) in [5, 5.41) is 0. The van der Waals surface area contributed by atoms with Crippen molar-refractivity contribution < 1.29 is 0 Å². The molecule has 0 spiro atoms. The third kappa shape index (κ3) is 19.4. The van der Waals surface area contributed by atoms with Crippen LogP contribution in [0, 0.1) is 5.92 Å². The molecule has 0 heterocycles. The van der Waals surface area contributed by atoms with Crippen LogP contribution in [0.3, 0.4) is 0 Å². The molecule has 0 saturated heterocycles. The minimum atomic E-state index is 0.855. The van der Waals surface area contributed by atoms with Crippen molar-refractivity contribution in [3.05, 3.63) is 24.3 Å². The van der Waals surface area contributed by atoms with E-state index >= 15 is 0 Å². The summed E-state index contributed by atoms with van der Waals surface area (Å²) < 4.78 is 0. The van der Waals surface area contributed by atoms with Crippen molar-refractivity contribution in [2.24, 2.45) is 11.7 Å². The third-order valence-electron chi connectivity index (χ3n) is 3.83. The van der Waals surface area contributed by atoms with Gasteiger partial charge in [0.15, 0.2) is 0 Å². The lowest BCUT2D eigenvalue weighted by molar-refractivity contribution is 0.540. The molecule has 0 saturated carbocycles. The van der Waals surface area contributed by atoms with Crippen LogP contribution in [0.2, 0.25) is 0 Å². The minimum Gasteiger partial charge on any atom is -0.330 e. The lowest BCUT2D eigenvalue weighted by Gasteiger charge is -2.01. The number of hydrogen-bond donors (Lipinski definition) is 1. The van der Waals surface area contributed by atoms with E-state index in [1.54, 1.807) is 0 Å². The molecule has 0 aliphatic rings. The maximum Gasteiger partial charge on any atom is -0.00773 e. The second-order valence-corrected chi connectivity index (χ2v) is 6.56. The molecule has 0 aromatic carbocycles. The Morgan fingerprint density at radius 2 is 1.19 bits per heavy atom. The molecule has 0 bridgehead atoms. The van der Waals surface area contributed by atoms with E-state index in [2.05, 4.69) is 38.2 Å². The highest BCUT2D eigenvalue weighted by Crippen LogP contribution is 2.09. The summed E-state index contributed by atoms with van der Waals surface area (Å²) in [6.45, 7) is 5.47. The Balaban J connectivity index is 3.17. The van der Waals surface area contributed by atoms with Crippen molar-refractivity contribution in [1.82, 2.24) is 0 Å². The summed E-state index contributed by atoms with van der Waals surface area (Å²) in [7, 11) is 0. The van der Waals surface area contributed by atoms with Gasteiger partial charge in [0.25, 0.3) is 0 Å². The van der Waals surface area contributed by atoms with Crippen molar-refractivity contribution in [3.63, 3.8) is 0 Å². The van der Waals surface area contributed by atoms with Gasteiger partial charge in [0, 0.05) is 0 Å². The molecule has 0 radical (unpaired) electrons. The van der Waals surface area contributed by atoms with E-state index in [9.17, 15) is 0 Å². The van der Waals surface area contributed by atoms with Crippen molar-refractivity contribution in [2.45, 2.75) is 90.9 Å². The largest absolute Gasteiger partial charge is 0.330 e. The van der Waals surface area contributed by atoms with Crippen LogP contribution in [-0.2, 0) is 0 Å². The number of nitrogens with two attached hydrogens (primary N) is 1. The Morgan fingerprint density at radius 3 is 1.76 bits per heavy atom. The maximum atomic E-state index is 5.48. The summed E-state index contributed by atoms with van der Waals surface area (Å²) in [4.78, 5) is 0. The van der Waals surface area contributed by atoms with Crippen LogP contribution >= 0.6 is 0 Å². The standard InChI is InChI=1S/C20H39N/c1-20(2)18-16-14-12-10-8-6-4-3-5-7-9-11-13-15-17-19-21/h3-4,8,10,20H,5-7,9,11-19,21H2,1-2H3/b4-3-,10-8-. The van der Waals surface area contributed by atoms with Gasteiger partial charge in [0.05, 0.1) is 0 Å². The molecule has 2 N–H and O–H groups in total. The number of allylic oxidation sites excluding steroid dienone is 4. The van der Waals surface area contributed by atoms with Crippen molar-refractivity contribution >= 4 is 0 Å². The summed E-state index contributed by atoms with van der Waals surface area (Å²) in [5.41, 5.74) is 5.48. The fraction of sp³-hybridized carbons (Fsp3) is 0.800. The number of hydrogen-bond acceptors (Lipinski definition) is 1. The summed E-state index contributed by atoms with van der Waals surface area (Å²) in [5.74, 6) is 0.859. The highest BCUT2D eigenvalue weighted by Gasteiger charge is 1.92. The molecule has 21 heavy (non-hydrogen) atoms. The smallest absolute Gasteiger partial charge is 0.00773 e. The van der Waals surface area contributed by atoms with Crippen LogP contribution < -0.4 is 5.73 Å². The van der Waals surface area contributed by atoms with E-state index in [4.69, 9.17) is 5.73 Å². The Bertz CT molecular complexity index is 240. The van der Waals surface area contributed by atoms with Gasteiger partial charge in [0.1, 0.15) is 0 Å². The summed E-state index contributed by atoms with van der Waals surface area (Å²) in [6, 6.07) is 0. The average molecular weight is 294 g/mol. The van der Waals surface area contributed by atoms with Gasteiger partial charge in [-0.2, -0.15) is 0 Å². The minimum absolute atomic E-state index is 0.855. The quantitative estimate of drug-likeness (QED) is 0.274. The molecule has 0 aromatic heterocycles. The van der Waals surface area contributed by atoms with Crippen LogP contribution in [0.25, 0.3) is 0 Å². The monoisotopic (exact) mass is 293 g/mol. The van der Waals surface area contributed by atoms with Gasteiger partial charge in [-0.25, -0.2) is 0 Å². The van der Waals surface area contributed by atoms with Gasteiger partial charge in [-0.15, -0.1) is 0 Å². The van der Waals surface area contributed by atoms with Crippen molar-refractivity contribution in [1.29, 1.82) is 0 Å². The summed E-state index contributed by atoms with van der Waals surface area (Å²) >= 11 is 0. The van der Waals surface area contributed by atoms with Crippen LogP contribution in [0.4, 0.5) is 0 Å². The van der Waals surface area contributed by atoms with Gasteiger partial charge in [0.2, 0.25) is 0 Å². The van der Waals surface area contributed by atoms with Gasteiger partial charge in [-0.3, -0.25) is 0 Å².